The van der Waals surface area contributed by atoms with Crippen molar-refractivity contribution in [2.75, 3.05) is 12.4 Å². The van der Waals surface area contributed by atoms with Crippen LogP contribution >= 0.6 is 0 Å². The standard InChI is InChI=1S/C23H23N5O2/c1-14-7-5-8-17(11-14)22-26-23-24-15(2)20(16(3)28(23)27-22)13-21(29)25-18-9-6-10-19(12-18)30-4/h5-12H,13H2,1-4H3,(H,25,29). The predicted octanol–water partition coefficient (Wildman–Crippen LogP) is 3.91. The minimum atomic E-state index is -0.130. The number of carbonyl (C=O) groups is 1. The van der Waals surface area contributed by atoms with Crippen LogP contribution in [0.1, 0.15) is 22.5 Å². The highest BCUT2D eigenvalue weighted by molar-refractivity contribution is 5.92. The molecule has 0 atom stereocenters. The molecule has 1 amide bonds. The van der Waals surface area contributed by atoms with Gasteiger partial charge in [-0.2, -0.15) is 4.98 Å². The van der Waals surface area contributed by atoms with Crippen molar-refractivity contribution in [1.29, 1.82) is 0 Å². The summed E-state index contributed by atoms with van der Waals surface area (Å²) >= 11 is 0. The summed E-state index contributed by atoms with van der Waals surface area (Å²) in [5, 5.41) is 7.55. The molecule has 0 saturated carbocycles. The van der Waals surface area contributed by atoms with Crippen molar-refractivity contribution < 1.29 is 9.53 Å². The highest BCUT2D eigenvalue weighted by Gasteiger charge is 2.17. The first-order valence-corrected chi connectivity index (χ1v) is 9.68. The Labute approximate surface area is 174 Å². The first kappa shape index (κ1) is 19.6. The Balaban J connectivity index is 1.63. The van der Waals surface area contributed by atoms with Gasteiger partial charge < -0.3 is 10.1 Å². The minimum Gasteiger partial charge on any atom is -0.497 e. The number of nitrogens with one attached hydrogen (secondary N) is 1. The molecular weight excluding hydrogens is 378 g/mol. The van der Waals surface area contributed by atoms with Crippen molar-refractivity contribution in [2.24, 2.45) is 0 Å². The first-order valence-electron chi connectivity index (χ1n) is 9.68. The summed E-state index contributed by atoms with van der Waals surface area (Å²) in [4.78, 5) is 21.8. The highest BCUT2D eigenvalue weighted by atomic mass is 16.5. The number of fused-ring (bicyclic) bond motifs is 1. The first-order chi connectivity index (χ1) is 14.4. The Bertz CT molecular complexity index is 1250. The number of methoxy groups -OCH3 is 1. The number of anilines is 1. The second-order valence-electron chi connectivity index (χ2n) is 7.23. The number of nitrogens with zero attached hydrogens (tertiary/aromatic N) is 4. The van der Waals surface area contributed by atoms with Crippen LogP contribution in [0, 0.1) is 20.8 Å². The lowest BCUT2D eigenvalue weighted by atomic mass is 10.1. The number of hydrogen-bond acceptors (Lipinski definition) is 5. The van der Waals surface area contributed by atoms with Gasteiger partial charge >= 0.3 is 0 Å². The Hall–Kier alpha value is -3.74. The van der Waals surface area contributed by atoms with Gasteiger partial charge in [-0.25, -0.2) is 9.50 Å². The van der Waals surface area contributed by atoms with E-state index in [2.05, 4.69) is 20.4 Å². The molecule has 0 aliphatic carbocycles. The maximum absolute atomic E-state index is 12.7. The van der Waals surface area contributed by atoms with Crippen LogP contribution in [0.25, 0.3) is 17.2 Å². The highest BCUT2D eigenvalue weighted by Crippen LogP contribution is 2.21. The zero-order valence-electron chi connectivity index (χ0n) is 17.4. The molecule has 0 fully saturated rings. The molecule has 2 heterocycles. The molecule has 7 nitrogen and oxygen atoms in total. The monoisotopic (exact) mass is 401 g/mol. The maximum atomic E-state index is 12.7. The van der Waals surface area contributed by atoms with E-state index in [1.807, 2.05) is 63.2 Å². The van der Waals surface area contributed by atoms with Gasteiger partial charge in [0.05, 0.1) is 13.5 Å². The minimum absolute atomic E-state index is 0.130. The Morgan fingerprint density at radius 1 is 1.07 bits per heavy atom. The topological polar surface area (TPSA) is 81.4 Å². The molecule has 0 aliphatic heterocycles. The summed E-state index contributed by atoms with van der Waals surface area (Å²) in [6, 6.07) is 15.3. The summed E-state index contributed by atoms with van der Waals surface area (Å²) in [6.07, 6.45) is 0.192. The van der Waals surface area contributed by atoms with Gasteiger partial charge in [-0.1, -0.05) is 29.8 Å². The molecule has 1 N–H and O–H groups in total. The Kier molecular flexibility index (Phi) is 5.18. The summed E-state index contributed by atoms with van der Waals surface area (Å²) in [7, 11) is 1.59. The predicted molar refractivity (Wildman–Crippen MR) is 116 cm³/mol. The van der Waals surface area contributed by atoms with Crippen LogP contribution < -0.4 is 10.1 Å². The third kappa shape index (κ3) is 3.87. The second-order valence-corrected chi connectivity index (χ2v) is 7.23. The average molecular weight is 401 g/mol. The molecule has 2 aromatic carbocycles. The third-order valence-electron chi connectivity index (χ3n) is 5.02. The van der Waals surface area contributed by atoms with Crippen molar-refractivity contribution >= 4 is 17.4 Å². The lowest BCUT2D eigenvalue weighted by molar-refractivity contribution is -0.115. The van der Waals surface area contributed by atoms with Gasteiger partial charge in [-0.3, -0.25) is 4.79 Å². The van der Waals surface area contributed by atoms with E-state index in [0.717, 1.165) is 28.1 Å². The SMILES string of the molecule is COc1cccc(NC(=O)Cc2c(C)nc3nc(-c4cccc(C)c4)nn3c2C)c1. The second kappa shape index (κ2) is 7.94. The van der Waals surface area contributed by atoms with Gasteiger partial charge in [0.15, 0.2) is 5.82 Å². The van der Waals surface area contributed by atoms with Crippen LogP contribution in [0.15, 0.2) is 48.5 Å². The van der Waals surface area contributed by atoms with E-state index in [1.54, 1.807) is 17.7 Å². The molecule has 4 rings (SSSR count). The van der Waals surface area contributed by atoms with Crippen molar-refractivity contribution in [3.63, 3.8) is 0 Å². The van der Waals surface area contributed by atoms with Crippen molar-refractivity contribution in [2.45, 2.75) is 27.2 Å². The number of carbonyl (C=O) groups excluding carboxylic acids is 1. The van der Waals surface area contributed by atoms with Crippen molar-refractivity contribution in [1.82, 2.24) is 19.6 Å². The van der Waals surface area contributed by atoms with Crippen LogP contribution in [0.3, 0.4) is 0 Å². The molecule has 0 unspecified atom stereocenters. The quantitative estimate of drug-likeness (QED) is 0.548. The number of amides is 1. The molecule has 0 spiro atoms. The lowest BCUT2D eigenvalue weighted by Gasteiger charge is -2.11. The molecule has 2 aromatic heterocycles. The number of hydrogen-bond donors (Lipinski definition) is 1. The molecule has 4 aromatic rings. The molecule has 7 heteroatoms. The van der Waals surface area contributed by atoms with Gasteiger partial charge in [0.2, 0.25) is 5.91 Å². The Morgan fingerprint density at radius 3 is 2.63 bits per heavy atom. The summed E-state index contributed by atoms with van der Waals surface area (Å²) in [5.41, 5.74) is 5.22. The average Bonchev–Trinajstić information content (AvgIpc) is 3.15. The summed E-state index contributed by atoms with van der Waals surface area (Å²) in [6.45, 7) is 5.86. The van der Waals surface area contributed by atoms with E-state index in [-0.39, 0.29) is 12.3 Å². The van der Waals surface area contributed by atoms with E-state index in [0.29, 0.717) is 23.0 Å². The normalized spacial score (nSPS) is 10.9. The Morgan fingerprint density at radius 2 is 1.87 bits per heavy atom. The number of ether oxygens (including phenoxy) is 1. The van der Waals surface area contributed by atoms with Crippen molar-refractivity contribution in [3.05, 3.63) is 71.0 Å². The zero-order valence-corrected chi connectivity index (χ0v) is 17.4. The van der Waals surface area contributed by atoms with E-state index in [9.17, 15) is 4.79 Å². The fourth-order valence-electron chi connectivity index (χ4n) is 3.44. The smallest absolute Gasteiger partial charge is 0.253 e. The fourth-order valence-corrected chi connectivity index (χ4v) is 3.44. The maximum Gasteiger partial charge on any atom is 0.253 e. The van der Waals surface area contributed by atoms with Gasteiger partial charge in [-0.15, -0.1) is 5.10 Å². The zero-order chi connectivity index (χ0) is 21.3. The molecule has 0 saturated heterocycles. The fraction of sp³-hybridized carbons (Fsp3) is 0.217. The van der Waals surface area contributed by atoms with Crippen LogP contribution in [0.5, 0.6) is 5.75 Å². The van der Waals surface area contributed by atoms with Gasteiger partial charge in [0, 0.05) is 34.3 Å². The van der Waals surface area contributed by atoms with E-state index >= 15 is 0 Å². The molecular formula is C23H23N5O2. The summed E-state index contributed by atoms with van der Waals surface area (Å²) in [5.74, 6) is 1.70. The van der Waals surface area contributed by atoms with Crippen LogP contribution in [-0.4, -0.2) is 32.6 Å². The van der Waals surface area contributed by atoms with Gasteiger partial charge in [-0.05, 0) is 39.0 Å². The molecule has 0 bridgehead atoms. The number of benzene rings is 2. The number of aromatic nitrogens is 4. The van der Waals surface area contributed by atoms with Gasteiger partial charge in [0.25, 0.3) is 5.78 Å². The van der Waals surface area contributed by atoms with Gasteiger partial charge in [0.1, 0.15) is 5.75 Å². The van der Waals surface area contributed by atoms with Crippen molar-refractivity contribution in [3.8, 4) is 17.1 Å². The van der Waals surface area contributed by atoms with Crippen LogP contribution in [0.4, 0.5) is 5.69 Å². The summed E-state index contributed by atoms with van der Waals surface area (Å²) < 4.78 is 6.91. The lowest BCUT2D eigenvalue weighted by Crippen LogP contribution is -2.17. The van der Waals surface area contributed by atoms with E-state index in [1.165, 1.54) is 0 Å². The molecule has 0 radical (unpaired) electrons. The molecule has 30 heavy (non-hydrogen) atoms. The van der Waals surface area contributed by atoms with E-state index in [4.69, 9.17) is 4.74 Å². The molecule has 0 aliphatic rings. The number of rotatable bonds is 5. The number of aryl methyl sites for hydroxylation is 3. The van der Waals surface area contributed by atoms with Crippen LogP contribution in [-0.2, 0) is 11.2 Å². The molecule has 152 valence electrons. The van der Waals surface area contributed by atoms with Crippen LogP contribution in [0.2, 0.25) is 0 Å². The largest absolute Gasteiger partial charge is 0.497 e. The third-order valence-corrected chi connectivity index (χ3v) is 5.02. The van der Waals surface area contributed by atoms with E-state index < -0.39 is 0 Å².